The number of carbonyl (C=O) groups is 1. The summed E-state index contributed by atoms with van der Waals surface area (Å²) in [5.41, 5.74) is -0.862. The fourth-order valence-electron chi connectivity index (χ4n) is 0.883. The Morgan fingerprint density at radius 1 is 1.47 bits per heavy atom. The van der Waals surface area contributed by atoms with E-state index in [0.29, 0.717) is 0 Å². The number of halogens is 4. The summed E-state index contributed by atoms with van der Waals surface area (Å²) < 4.78 is 41.0. The third kappa shape index (κ3) is 3.09. The lowest BCUT2D eigenvalue weighted by Crippen LogP contribution is -2.08. The van der Waals surface area contributed by atoms with Gasteiger partial charge in [0.1, 0.15) is 11.8 Å². The van der Waals surface area contributed by atoms with Gasteiger partial charge in [-0.15, -0.1) is 0 Å². The van der Waals surface area contributed by atoms with Crippen LogP contribution in [0.3, 0.4) is 0 Å². The summed E-state index contributed by atoms with van der Waals surface area (Å²) in [6.45, 7) is -0.0331. The molecule has 0 saturated carbocycles. The highest BCUT2D eigenvalue weighted by Crippen LogP contribution is 2.33. The number of alkyl halides is 3. The molecule has 0 saturated heterocycles. The molecule has 0 radical (unpaired) electrons. The van der Waals surface area contributed by atoms with Crippen LogP contribution in [0.4, 0.5) is 13.2 Å². The largest absolute Gasteiger partial charge is 0.461 e. The van der Waals surface area contributed by atoms with Gasteiger partial charge < -0.3 is 4.74 Å². The van der Waals surface area contributed by atoms with Crippen LogP contribution in [-0.2, 0) is 22.3 Å². The van der Waals surface area contributed by atoms with E-state index in [9.17, 15) is 18.0 Å². The Morgan fingerprint density at radius 3 is 2.60 bits per heavy atom. The van der Waals surface area contributed by atoms with Crippen molar-refractivity contribution in [1.29, 1.82) is 0 Å². The molecule has 0 unspecified atom stereocenters. The van der Waals surface area contributed by atoms with Crippen molar-refractivity contribution in [3.63, 3.8) is 0 Å². The molecule has 1 aromatic heterocycles. The van der Waals surface area contributed by atoms with Crippen molar-refractivity contribution in [1.82, 2.24) is 4.98 Å². The van der Waals surface area contributed by atoms with Crippen molar-refractivity contribution in [2.45, 2.75) is 12.8 Å². The second kappa shape index (κ2) is 4.48. The summed E-state index contributed by atoms with van der Waals surface area (Å²) in [5.74, 6) is 0. The number of aromatic nitrogens is 1. The molecule has 0 bridgehead atoms. The van der Waals surface area contributed by atoms with Crippen LogP contribution in [0.5, 0.6) is 0 Å². The molecule has 0 aliphatic heterocycles. The van der Waals surface area contributed by atoms with Gasteiger partial charge >= 0.3 is 6.18 Å². The molecule has 0 aromatic carbocycles. The molecule has 0 N–H and O–H groups in total. The Hall–Kier alpha value is -1.30. The molecule has 0 spiro atoms. The van der Waals surface area contributed by atoms with Gasteiger partial charge in [-0.05, 0) is 12.1 Å². The van der Waals surface area contributed by atoms with Gasteiger partial charge in [-0.25, -0.2) is 4.98 Å². The fraction of sp³-hybridized carbons (Fsp3) is 0.250. The maximum absolute atomic E-state index is 12.2. The Bertz CT molecular complexity index is 367. The van der Waals surface area contributed by atoms with Crippen LogP contribution >= 0.6 is 11.6 Å². The topological polar surface area (TPSA) is 39.2 Å². The smallest absolute Gasteiger partial charge is 0.419 e. The molecule has 0 atom stereocenters. The first-order valence-corrected chi connectivity index (χ1v) is 4.11. The molecule has 0 fully saturated rings. The van der Waals surface area contributed by atoms with E-state index < -0.39 is 16.9 Å². The first-order chi connectivity index (χ1) is 6.95. The predicted molar refractivity (Wildman–Crippen MR) is 45.1 cm³/mol. The second-order valence-corrected chi connectivity index (χ2v) is 2.90. The van der Waals surface area contributed by atoms with Gasteiger partial charge in [0.25, 0.3) is 6.47 Å². The second-order valence-electron chi connectivity index (χ2n) is 2.55. The first kappa shape index (κ1) is 11.8. The van der Waals surface area contributed by atoms with Crippen LogP contribution in [0.1, 0.15) is 11.3 Å². The minimum Gasteiger partial charge on any atom is -0.461 e. The van der Waals surface area contributed by atoms with Crippen LogP contribution in [0, 0.1) is 0 Å². The lowest BCUT2D eigenvalue weighted by atomic mass is 10.2. The molecular formula is C8H5ClF3NO2. The quantitative estimate of drug-likeness (QED) is 0.601. The van der Waals surface area contributed by atoms with Crippen molar-refractivity contribution in [3.05, 3.63) is 28.5 Å². The van der Waals surface area contributed by atoms with Crippen LogP contribution in [0.2, 0.25) is 5.15 Å². The molecule has 1 aromatic rings. The molecule has 82 valence electrons. The maximum Gasteiger partial charge on any atom is 0.419 e. The number of carbonyl (C=O) groups excluding carboxylic acids is 1. The molecule has 0 aliphatic rings. The third-order valence-electron chi connectivity index (χ3n) is 1.51. The monoisotopic (exact) mass is 239 g/mol. The minimum atomic E-state index is -4.53. The molecule has 0 amide bonds. The fourth-order valence-corrected chi connectivity index (χ4v) is 1.16. The number of ether oxygens (including phenoxy) is 1. The Kier molecular flexibility index (Phi) is 3.52. The highest BCUT2D eigenvalue weighted by atomic mass is 35.5. The van der Waals surface area contributed by atoms with Crippen LogP contribution in [0.15, 0.2) is 12.1 Å². The van der Waals surface area contributed by atoms with Crippen molar-refractivity contribution in [2.75, 3.05) is 0 Å². The van der Waals surface area contributed by atoms with Gasteiger partial charge in [-0.3, -0.25) is 4.79 Å². The van der Waals surface area contributed by atoms with E-state index in [4.69, 9.17) is 11.6 Å². The Balaban J connectivity index is 2.93. The first-order valence-electron chi connectivity index (χ1n) is 3.73. The van der Waals surface area contributed by atoms with E-state index in [1.807, 2.05) is 0 Å². The molecule has 7 heteroatoms. The van der Waals surface area contributed by atoms with Gasteiger partial charge in [0.2, 0.25) is 0 Å². The van der Waals surface area contributed by atoms with E-state index in [-0.39, 0.29) is 18.8 Å². The number of nitrogens with zero attached hydrogens (tertiary/aromatic N) is 1. The zero-order valence-corrected chi connectivity index (χ0v) is 7.97. The SMILES string of the molecule is O=COCc1ccc(C(F)(F)F)c(Cl)n1. The summed E-state index contributed by atoms with van der Waals surface area (Å²) in [6.07, 6.45) is -4.53. The van der Waals surface area contributed by atoms with E-state index in [2.05, 4.69) is 9.72 Å². The van der Waals surface area contributed by atoms with Crippen molar-refractivity contribution >= 4 is 18.1 Å². The lowest BCUT2D eigenvalue weighted by molar-refractivity contribution is -0.138. The minimum absolute atomic E-state index is 0.153. The Morgan fingerprint density at radius 2 is 2.13 bits per heavy atom. The summed E-state index contributed by atoms with van der Waals surface area (Å²) in [7, 11) is 0. The summed E-state index contributed by atoms with van der Waals surface area (Å²) in [5, 5.41) is -0.658. The average Bonchev–Trinajstić information content (AvgIpc) is 2.12. The number of rotatable bonds is 3. The van der Waals surface area contributed by atoms with Gasteiger partial charge in [0, 0.05) is 0 Å². The summed E-state index contributed by atoms with van der Waals surface area (Å²) in [6, 6.07) is 1.89. The van der Waals surface area contributed by atoms with Crippen LogP contribution in [-0.4, -0.2) is 11.5 Å². The molecule has 1 heterocycles. The van der Waals surface area contributed by atoms with E-state index >= 15 is 0 Å². The predicted octanol–water partition coefficient (Wildman–Crippen LogP) is 2.43. The van der Waals surface area contributed by atoms with E-state index in [1.165, 1.54) is 0 Å². The molecule has 15 heavy (non-hydrogen) atoms. The molecule has 1 rings (SSSR count). The van der Waals surface area contributed by atoms with Gasteiger partial charge in [-0.1, -0.05) is 11.6 Å². The zero-order chi connectivity index (χ0) is 11.5. The van der Waals surface area contributed by atoms with Gasteiger partial charge in [0.15, 0.2) is 0 Å². The number of hydrogen-bond donors (Lipinski definition) is 0. The Labute approximate surface area is 87.8 Å². The number of hydrogen-bond acceptors (Lipinski definition) is 3. The average molecular weight is 240 g/mol. The molecular weight excluding hydrogens is 235 g/mol. The summed E-state index contributed by atoms with van der Waals surface area (Å²) in [4.78, 5) is 13.3. The third-order valence-corrected chi connectivity index (χ3v) is 1.80. The van der Waals surface area contributed by atoms with Crippen molar-refractivity contribution < 1.29 is 22.7 Å². The summed E-state index contributed by atoms with van der Waals surface area (Å²) >= 11 is 5.32. The van der Waals surface area contributed by atoms with Crippen LogP contribution < -0.4 is 0 Å². The maximum atomic E-state index is 12.2. The van der Waals surface area contributed by atoms with Crippen molar-refractivity contribution in [3.8, 4) is 0 Å². The van der Waals surface area contributed by atoms with E-state index in [1.54, 1.807) is 0 Å². The number of pyridine rings is 1. The van der Waals surface area contributed by atoms with Crippen LogP contribution in [0.25, 0.3) is 0 Å². The molecule has 3 nitrogen and oxygen atoms in total. The van der Waals surface area contributed by atoms with E-state index in [0.717, 1.165) is 12.1 Å². The lowest BCUT2D eigenvalue weighted by Gasteiger charge is -2.08. The highest BCUT2D eigenvalue weighted by molar-refractivity contribution is 6.30. The van der Waals surface area contributed by atoms with Crippen molar-refractivity contribution in [2.24, 2.45) is 0 Å². The highest BCUT2D eigenvalue weighted by Gasteiger charge is 2.33. The normalized spacial score (nSPS) is 11.2. The zero-order valence-electron chi connectivity index (χ0n) is 7.21. The standard InChI is InChI=1S/C8H5ClF3NO2/c9-7-6(8(10,11)12)2-1-5(13-7)3-15-4-14/h1-2,4H,3H2. The molecule has 0 aliphatic carbocycles. The van der Waals surface area contributed by atoms with Gasteiger partial charge in [0.05, 0.1) is 11.3 Å². The van der Waals surface area contributed by atoms with Gasteiger partial charge in [-0.2, -0.15) is 13.2 Å².